The topological polar surface area (TPSA) is 153 Å². The van der Waals surface area contributed by atoms with Crippen LogP contribution in [0.25, 0.3) is 11.1 Å². The van der Waals surface area contributed by atoms with Crippen LogP contribution in [-0.4, -0.2) is 44.6 Å². The quantitative estimate of drug-likeness (QED) is 0.330. The number of hydrogen-bond donors (Lipinski definition) is 2. The highest BCUT2D eigenvalue weighted by Crippen LogP contribution is 2.44. The molecule has 0 aliphatic rings. The van der Waals surface area contributed by atoms with E-state index in [-0.39, 0.29) is 33.4 Å². The van der Waals surface area contributed by atoms with Crippen molar-refractivity contribution in [2.24, 2.45) is 0 Å². The van der Waals surface area contributed by atoms with E-state index in [1.165, 1.54) is 28.4 Å². The van der Waals surface area contributed by atoms with Crippen molar-refractivity contribution in [2.45, 2.75) is 24.1 Å². The summed E-state index contributed by atoms with van der Waals surface area (Å²) < 4.78 is 21.6. The molecule has 39 heavy (non-hydrogen) atoms. The van der Waals surface area contributed by atoms with Gasteiger partial charge in [0.2, 0.25) is 11.7 Å². The molecule has 1 atom stereocenters. The maximum Gasteiger partial charge on any atom is 0.237 e. The smallest absolute Gasteiger partial charge is 0.237 e. The summed E-state index contributed by atoms with van der Waals surface area (Å²) in [5, 5.41) is 22.9. The summed E-state index contributed by atoms with van der Waals surface area (Å²) >= 11 is 7.19. The number of aryl methyl sites for hydroxylation is 1. The van der Waals surface area contributed by atoms with Gasteiger partial charge in [-0.2, -0.15) is 10.5 Å². The highest BCUT2D eigenvalue weighted by atomic mass is 35.5. The van der Waals surface area contributed by atoms with E-state index in [1.54, 1.807) is 31.2 Å². The number of aromatic nitrogens is 1. The summed E-state index contributed by atoms with van der Waals surface area (Å²) in [6.07, 6.45) is 0. The molecule has 0 radical (unpaired) electrons. The zero-order valence-electron chi connectivity index (χ0n) is 22.1. The van der Waals surface area contributed by atoms with Gasteiger partial charge < -0.3 is 30.0 Å². The number of hydrogen-bond acceptors (Lipinski definition) is 10. The number of amides is 1. The van der Waals surface area contributed by atoms with Gasteiger partial charge in [0.05, 0.1) is 44.9 Å². The number of carbonyl (C=O) groups is 1. The number of nitriles is 2. The van der Waals surface area contributed by atoms with Gasteiger partial charge in [-0.3, -0.25) is 4.79 Å². The Morgan fingerprint density at radius 1 is 1.00 bits per heavy atom. The van der Waals surface area contributed by atoms with Crippen molar-refractivity contribution in [1.29, 1.82) is 10.5 Å². The number of nitrogens with zero attached hydrogens (tertiary/aromatic N) is 3. The molecule has 202 valence electrons. The number of halogens is 1. The van der Waals surface area contributed by atoms with Crippen molar-refractivity contribution >= 4 is 40.8 Å². The van der Waals surface area contributed by atoms with Gasteiger partial charge in [-0.1, -0.05) is 23.4 Å². The molecule has 0 aliphatic carbocycles. The van der Waals surface area contributed by atoms with Gasteiger partial charge in [-0.15, -0.1) is 0 Å². The number of ether oxygens (including phenoxy) is 4. The van der Waals surface area contributed by atoms with Crippen molar-refractivity contribution in [1.82, 2.24) is 4.98 Å². The Bertz CT molecular complexity index is 1490. The molecule has 1 heterocycles. The fraction of sp³-hybridized carbons (Fsp3) is 0.259. The average molecular weight is 568 g/mol. The average Bonchev–Trinajstić information content (AvgIpc) is 2.93. The van der Waals surface area contributed by atoms with Crippen molar-refractivity contribution in [2.75, 3.05) is 39.5 Å². The lowest BCUT2D eigenvalue weighted by molar-refractivity contribution is -0.115. The second kappa shape index (κ2) is 12.5. The van der Waals surface area contributed by atoms with Crippen LogP contribution in [0, 0.1) is 29.6 Å². The molecule has 0 aliphatic heterocycles. The molecule has 1 aromatic heterocycles. The molecular formula is C27H26ClN5O5S. The number of nitrogens with one attached hydrogen (secondary N) is 1. The zero-order valence-corrected chi connectivity index (χ0v) is 23.7. The minimum absolute atomic E-state index is 0.00338. The molecule has 0 saturated heterocycles. The number of nitrogens with two attached hydrogens (primary N) is 1. The second-order valence-electron chi connectivity index (χ2n) is 8.12. The van der Waals surface area contributed by atoms with E-state index in [0.717, 1.165) is 17.3 Å². The zero-order chi connectivity index (χ0) is 28.9. The number of thioether (sulfide) groups is 1. The molecule has 0 spiro atoms. The maximum absolute atomic E-state index is 13.1. The van der Waals surface area contributed by atoms with Crippen LogP contribution < -0.4 is 30.0 Å². The van der Waals surface area contributed by atoms with Crippen molar-refractivity contribution < 1.29 is 23.7 Å². The largest absolute Gasteiger partial charge is 0.495 e. The van der Waals surface area contributed by atoms with E-state index >= 15 is 0 Å². The van der Waals surface area contributed by atoms with Crippen molar-refractivity contribution in [3.05, 3.63) is 46.0 Å². The van der Waals surface area contributed by atoms with E-state index in [4.69, 9.17) is 36.3 Å². The first-order valence-corrected chi connectivity index (χ1v) is 12.6. The predicted octanol–water partition coefficient (Wildman–Crippen LogP) is 5.19. The number of benzene rings is 2. The SMILES string of the molecule is COc1cc(Cl)c(C)cc1NC(=O)C(C)Sc1nc(N)c(C#N)c(-c2cc(OC)c(OC)c(OC)c2)c1C#N. The molecule has 1 unspecified atom stereocenters. The van der Waals surface area contributed by atoms with E-state index in [1.807, 2.05) is 13.0 Å². The Kier molecular flexibility index (Phi) is 9.36. The predicted molar refractivity (Wildman–Crippen MR) is 150 cm³/mol. The van der Waals surface area contributed by atoms with Gasteiger partial charge in [-0.05, 0) is 43.2 Å². The molecule has 2 aromatic carbocycles. The third-order valence-electron chi connectivity index (χ3n) is 5.77. The van der Waals surface area contributed by atoms with Crippen LogP contribution >= 0.6 is 23.4 Å². The van der Waals surface area contributed by atoms with Crippen LogP contribution in [0.1, 0.15) is 23.6 Å². The Labute approximate surface area is 235 Å². The summed E-state index contributed by atoms with van der Waals surface area (Å²) in [5.74, 6) is 0.927. The first-order valence-electron chi connectivity index (χ1n) is 11.4. The number of anilines is 2. The van der Waals surface area contributed by atoms with Crippen LogP contribution in [-0.2, 0) is 4.79 Å². The molecule has 12 heteroatoms. The lowest BCUT2D eigenvalue weighted by atomic mass is 9.96. The number of nitrogen functional groups attached to an aromatic ring is 1. The Morgan fingerprint density at radius 3 is 2.10 bits per heavy atom. The van der Waals surface area contributed by atoms with Crippen LogP contribution in [0.3, 0.4) is 0 Å². The first-order chi connectivity index (χ1) is 18.6. The van der Waals surface area contributed by atoms with Gasteiger partial charge in [0, 0.05) is 16.7 Å². The standard InChI is InChI=1S/C27H26ClN5O5S/c1-13-7-19(20(35-3)10-18(13)28)32-26(34)14(2)39-27-17(12-30)23(16(11-29)25(31)33-27)15-8-21(36-4)24(38-6)22(9-15)37-5/h7-10,14H,1-6H3,(H2,31,33)(H,32,34). The molecular weight excluding hydrogens is 542 g/mol. The Hall–Kier alpha value is -4.32. The highest BCUT2D eigenvalue weighted by Gasteiger charge is 2.26. The molecule has 0 fully saturated rings. The van der Waals surface area contributed by atoms with E-state index in [9.17, 15) is 15.3 Å². The molecule has 10 nitrogen and oxygen atoms in total. The normalized spacial score (nSPS) is 11.1. The maximum atomic E-state index is 13.1. The van der Waals surface area contributed by atoms with Crippen LogP contribution in [0.2, 0.25) is 5.02 Å². The summed E-state index contributed by atoms with van der Waals surface area (Å²) in [7, 11) is 5.85. The summed E-state index contributed by atoms with van der Waals surface area (Å²) in [5.41, 5.74) is 8.10. The van der Waals surface area contributed by atoms with Crippen molar-refractivity contribution in [3.63, 3.8) is 0 Å². The molecule has 0 saturated carbocycles. The van der Waals surface area contributed by atoms with E-state index < -0.39 is 5.25 Å². The lowest BCUT2D eigenvalue weighted by Gasteiger charge is -2.18. The minimum Gasteiger partial charge on any atom is -0.495 e. The van der Waals surface area contributed by atoms with Crippen molar-refractivity contribution in [3.8, 4) is 46.3 Å². The monoisotopic (exact) mass is 567 g/mol. The third kappa shape index (κ3) is 5.90. The Morgan fingerprint density at radius 2 is 1.59 bits per heavy atom. The summed E-state index contributed by atoms with van der Waals surface area (Å²) in [6.45, 7) is 3.47. The Balaban J connectivity index is 2.08. The third-order valence-corrected chi connectivity index (χ3v) is 7.26. The van der Waals surface area contributed by atoms with Crippen LogP contribution in [0.5, 0.6) is 23.0 Å². The summed E-state index contributed by atoms with van der Waals surface area (Å²) in [6, 6.07) is 10.7. The minimum atomic E-state index is -0.717. The number of rotatable bonds is 9. The van der Waals surface area contributed by atoms with Crippen LogP contribution in [0.4, 0.5) is 11.5 Å². The molecule has 0 bridgehead atoms. The molecule has 3 rings (SSSR count). The lowest BCUT2D eigenvalue weighted by Crippen LogP contribution is -2.23. The number of methoxy groups -OCH3 is 4. The van der Waals surface area contributed by atoms with Gasteiger partial charge >= 0.3 is 0 Å². The number of carbonyl (C=O) groups excluding carboxylic acids is 1. The first kappa shape index (κ1) is 29.2. The fourth-order valence-electron chi connectivity index (χ4n) is 3.78. The van der Waals surface area contributed by atoms with Gasteiger partial charge in [0.15, 0.2) is 11.5 Å². The highest BCUT2D eigenvalue weighted by molar-refractivity contribution is 8.00. The second-order valence-corrected chi connectivity index (χ2v) is 9.85. The molecule has 3 aromatic rings. The summed E-state index contributed by atoms with van der Waals surface area (Å²) in [4.78, 5) is 17.4. The van der Waals surface area contributed by atoms with Gasteiger partial charge in [0.25, 0.3) is 0 Å². The molecule has 1 amide bonds. The van der Waals surface area contributed by atoms with E-state index in [2.05, 4.69) is 16.4 Å². The van der Waals surface area contributed by atoms with Gasteiger partial charge in [0.1, 0.15) is 34.3 Å². The van der Waals surface area contributed by atoms with Crippen LogP contribution in [0.15, 0.2) is 29.3 Å². The van der Waals surface area contributed by atoms with E-state index in [0.29, 0.717) is 39.3 Å². The molecule has 3 N–H and O–H groups in total. The van der Waals surface area contributed by atoms with Gasteiger partial charge in [-0.25, -0.2) is 4.98 Å². The fourth-order valence-corrected chi connectivity index (χ4v) is 4.85. The number of pyridine rings is 1.